The van der Waals surface area contributed by atoms with Gasteiger partial charge < -0.3 is 14.2 Å². The van der Waals surface area contributed by atoms with Crippen LogP contribution in [0, 0.1) is 11.8 Å². The van der Waals surface area contributed by atoms with Gasteiger partial charge in [0.15, 0.2) is 11.5 Å². The molecule has 0 radical (unpaired) electrons. The Morgan fingerprint density at radius 2 is 1.62 bits per heavy atom. The van der Waals surface area contributed by atoms with Gasteiger partial charge in [0, 0.05) is 25.2 Å². The monoisotopic (exact) mass is 448 g/mol. The van der Waals surface area contributed by atoms with Crippen molar-refractivity contribution < 1.29 is 37.0 Å². The van der Waals surface area contributed by atoms with Gasteiger partial charge in [0.05, 0.1) is 18.4 Å². The number of fused-ring (bicyclic) bond motifs is 2. The molecule has 2 fully saturated rings. The zero-order valence-electron chi connectivity index (χ0n) is 16.8. The molecule has 0 aliphatic carbocycles. The number of halogens is 3. The van der Waals surface area contributed by atoms with Crippen LogP contribution in [0.25, 0.3) is 0 Å². The summed E-state index contributed by atoms with van der Waals surface area (Å²) in [6.45, 7) is 1.03. The molecule has 168 valence electrons. The Hall–Kier alpha value is -3.27. The van der Waals surface area contributed by atoms with Crippen LogP contribution in [0.4, 0.5) is 13.2 Å². The number of likely N-dealkylation sites (tertiary alicyclic amines) is 2. The largest absolute Gasteiger partial charge is 0.573 e. The Balaban J connectivity index is 1.26. The van der Waals surface area contributed by atoms with Crippen molar-refractivity contribution >= 4 is 11.8 Å². The average Bonchev–Trinajstić information content (AvgIpc) is 3.42. The summed E-state index contributed by atoms with van der Waals surface area (Å²) in [5.41, 5.74) is 1.10. The molecule has 2 atom stereocenters. The Labute approximate surface area is 181 Å². The highest BCUT2D eigenvalue weighted by atomic mass is 19.4. The third kappa shape index (κ3) is 3.86. The van der Waals surface area contributed by atoms with Crippen molar-refractivity contribution in [1.29, 1.82) is 0 Å². The molecule has 2 amide bonds. The Morgan fingerprint density at radius 1 is 0.938 bits per heavy atom. The van der Waals surface area contributed by atoms with E-state index in [2.05, 4.69) is 4.74 Å². The van der Waals surface area contributed by atoms with Crippen LogP contribution in [0.2, 0.25) is 0 Å². The van der Waals surface area contributed by atoms with Gasteiger partial charge in [-0.3, -0.25) is 19.4 Å². The number of rotatable bonds is 5. The minimum absolute atomic E-state index is 0.136. The molecule has 2 saturated heterocycles. The SMILES string of the molecule is O=C1[C@H]2CN(Cc3ccccc3OC(F)(F)F)C[C@H]2C(=O)N1Cc1ccc2c(c1)OCO2. The van der Waals surface area contributed by atoms with Gasteiger partial charge in [-0.1, -0.05) is 24.3 Å². The maximum absolute atomic E-state index is 12.9. The van der Waals surface area contributed by atoms with Crippen LogP contribution in [0.3, 0.4) is 0 Å². The molecule has 3 aliphatic heterocycles. The minimum Gasteiger partial charge on any atom is -0.454 e. The molecule has 0 unspecified atom stereocenters. The van der Waals surface area contributed by atoms with Gasteiger partial charge in [-0.05, 0) is 23.8 Å². The lowest BCUT2D eigenvalue weighted by Gasteiger charge is -2.22. The molecular formula is C22H19F3N2O5. The van der Waals surface area contributed by atoms with E-state index in [1.807, 2.05) is 4.90 Å². The standard InChI is InChI=1S/C22H19F3N2O5/c23-22(24,25)32-17-4-2-1-3-14(17)9-26-10-15-16(11-26)21(29)27(20(15)28)8-13-5-6-18-19(7-13)31-12-30-18/h1-7,15-16H,8-12H2/t15-,16+. The van der Waals surface area contributed by atoms with Crippen LogP contribution in [0.15, 0.2) is 42.5 Å². The molecule has 3 aliphatic rings. The number of ether oxygens (including phenoxy) is 3. The molecule has 3 heterocycles. The first-order valence-electron chi connectivity index (χ1n) is 10.1. The number of imide groups is 1. The molecule has 2 aromatic carbocycles. The van der Waals surface area contributed by atoms with Gasteiger partial charge >= 0.3 is 6.36 Å². The number of alkyl halides is 3. The molecule has 5 rings (SSSR count). The van der Waals surface area contributed by atoms with Crippen molar-refractivity contribution in [1.82, 2.24) is 9.80 Å². The predicted molar refractivity (Wildman–Crippen MR) is 104 cm³/mol. The third-order valence-electron chi connectivity index (χ3n) is 5.93. The maximum atomic E-state index is 12.9. The van der Waals surface area contributed by atoms with Crippen molar-refractivity contribution in [2.24, 2.45) is 11.8 Å². The van der Waals surface area contributed by atoms with Crippen molar-refractivity contribution in [3.63, 3.8) is 0 Å². The first-order chi connectivity index (χ1) is 15.3. The van der Waals surface area contributed by atoms with E-state index in [1.54, 1.807) is 30.3 Å². The quantitative estimate of drug-likeness (QED) is 0.656. The average molecular weight is 448 g/mol. The van der Waals surface area contributed by atoms with Crippen molar-refractivity contribution in [3.05, 3.63) is 53.6 Å². The summed E-state index contributed by atoms with van der Waals surface area (Å²) in [5.74, 6) is -0.624. The van der Waals surface area contributed by atoms with Crippen molar-refractivity contribution in [3.8, 4) is 17.2 Å². The van der Waals surface area contributed by atoms with Crippen molar-refractivity contribution in [2.45, 2.75) is 19.5 Å². The van der Waals surface area contributed by atoms with E-state index >= 15 is 0 Å². The fraction of sp³-hybridized carbons (Fsp3) is 0.364. The molecule has 0 aromatic heterocycles. The van der Waals surface area contributed by atoms with E-state index < -0.39 is 18.2 Å². The number of para-hydroxylation sites is 1. The van der Waals surface area contributed by atoms with Gasteiger partial charge in [-0.2, -0.15) is 0 Å². The molecule has 0 N–H and O–H groups in total. The third-order valence-corrected chi connectivity index (χ3v) is 5.93. The summed E-state index contributed by atoms with van der Waals surface area (Å²) in [6, 6.07) is 11.2. The first-order valence-corrected chi connectivity index (χ1v) is 10.1. The van der Waals surface area contributed by atoms with E-state index in [4.69, 9.17) is 9.47 Å². The molecule has 2 aromatic rings. The van der Waals surface area contributed by atoms with E-state index in [0.717, 1.165) is 5.56 Å². The highest BCUT2D eigenvalue weighted by Gasteiger charge is 2.52. The highest BCUT2D eigenvalue weighted by Crippen LogP contribution is 2.38. The summed E-state index contributed by atoms with van der Waals surface area (Å²) in [5, 5.41) is 0. The number of benzene rings is 2. The summed E-state index contributed by atoms with van der Waals surface area (Å²) in [4.78, 5) is 29.0. The first kappa shape index (κ1) is 20.6. The second kappa shape index (κ2) is 7.70. The van der Waals surface area contributed by atoms with E-state index in [0.29, 0.717) is 30.2 Å². The molecule has 0 bridgehead atoms. The Kier molecular flexibility index (Phi) is 4.96. The second-order valence-electron chi connectivity index (χ2n) is 8.01. The van der Waals surface area contributed by atoms with Crippen LogP contribution in [-0.2, 0) is 22.7 Å². The molecule has 0 saturated carbocycles. The molecule has 32 heavy (non-hydrogen) atoms. The fourth-order valence-electron chi connectivity index (χ4n) is 4.50. The van der Waals surface area contributed by atoms with Gasteiger partial charge in [-0.25, -0.2) is 0 Å². The van der Waals surface area contributed by atoms with E-state index in [-0.39, 0.29) is 37.4 Å². The number of carbonyl (C=O) groups is 2. The zero-order valence-corrected chi connectivity index (χ0v) is 16.8. The summed E-state index contributed by atoms with van der Waals surface area (Å²) >= 11 is 0. The second-order valence-corrected chi connectivity index (χ2v) is 8.01. The van der Waals surface area contributed by atoms with Crippen LogP contribution < -0.4 is 14.2 Å². The predicted octanol–water partition coefficient (Wildman–Crippen LogP) is 2.93. The Morgan fingerprint density at radius 3 is 2.34 bits per heavy atom. The number of hydrogen-bond donors (Lipinski definition) is 0. The smallest absolute Gasteiger partial charge is 0.454 e. The summed E-state index contributed by atoms with van der Waals surface area (Å²) in [6.07, 6.45) is -4.79. The maximum Gasteiger partial charge on any atom is 0.573 e. The zero-order chi connectivity index (χ0) is 22.5. The lowest BCUT2D eigenvalue weighted by atomic mass is 10.00. The summed E-state index contributed by atoms with van der Waals surface area (Å²) < 4.78 is 52.8. The van der Waals surface area contributed by atoms with Gasteiger partial charge in [0.25, 0.3) is 0 Å². The molecule has 7 nitrogen and oxygen atoms in total. The number of carbonyl (C=O) groups excluding carboxylic acids is 2. The Bertz CT molecular complexity index is 1050. The number of amides is 2. The van der Waals surface area contributed by atoms with Crippen LogP contribution >= 0.6 is 0 Å². The fourth-order valence-corrected chi connectivity index (χ4v) is 4.50. The van der Waals surface area contributed by atoms with Gasteiger partial charge in [0.1, 0.15) is 5.75 Å². The molecule has 10 heteroatoms. The number of hydrogen-bond acceptors (Lipinski definition) is 6. The van der Waals surface area contributed by atoms with Crippen LogP contribution in [0.1, 0.15) is 11.1 Å². The lowest BCUT2D eigenvalue weighted by molar-refractivity contribution is -0.275. The highest BCUT2D eigenvalue weighted by molar-refractivity contribution is 6.05. The summed E-state index contributed by atoms with van der Waals surface area (Å²) in [7, 11) is 0. The normalized spacial score (nSPS) is 22.5. The van der Waals surface area contributed by atoms with Gasteiger partial charge in [0.2, 0.25) is 18.6 Å². The lowest BCUT2D eigenvalue weighted by Crippen LogP contribution is -2.35. The van der Waals surface area contributed by atoms with E-state index in [9.17, 15) is 22.8 Å². The topological polar surface area (TPSA) is 68.3 Å². The number of nitrogens with zero attached hydrogens (tertiary/aromatic N) is 2. The van der Waals surface area contributed by atoms with Gasteiger partial charge in [-0.15, -0.1) is 13.2 Å². The van der Waals surface area contributed by atoms with Crippen molar-refractivity contribution in [2.75, 3.05) is 19.9 Å². The van der Waals surface area contributed by atoms with Crippen LogP contribution in [0.5, 0.6) is 17.2 Å². The van der Waals surface area contributed by atoms with E-state index in [1.165, 1.54) is 17.0 Å². The molecule has 0 spiro atoms. The van der Waals surface area contributed by atoms with Crippen LogP contribution in [-0.4, -0.2) is 47.9 Å². The molecular weight excluding hydrogens is 429 g/mol. The minimum atomic E-state index is -4.79.